The Morgan fingerprint density at radius 3 is 2.53 bits per heavy atom. The van der Waals surface area contributed by atoms with Crippen molar-refractivity contribution in [2.24, 2.45) is 11.8 Å². The third kappa shape index (κ3) is 4.96. The molecular weight excluding hydrogens is 236 g/mol. The number of hydrogen-bond acceptors (Lipinski definition) is 3. The molecule has 0 radical (unpaired) electrons. The first-order valence-electron chi connectivity index (χ1n) is 6.87. The predicted molar refractivity (Wildman–Crippen MR) is 70.7 cm³/mol. The van der Waals surface area contributed by atoms with Crippen LogP contribution in [-0.2, 0) is 9.84 Å². The summed E-state index contributed by atoms with van der Waals surface area (Å²) in [6.07, 6.45) is 5.61. The summed E-state index contributed by atoms with van der Waals surface area (Å²) in [6.45, 7) is 3.88. The molecule has 1 N–H and O–H groups in total. The number of aliphatic hydroxyl groups is 1. The summed E-state index contributed by atoms with van der Waals surface area (Å²) in [5.41, 5.74) is 0. The predicted octanol–water partition coefficient (Wildman–Crippen LogP) is 2.39. The zero-order valence-electron chi connectivity index (χ0n) is 11.1. The van der Waals surface area contributed by atoms with Crippen molar-refractivity contribution in [3.8, 4) is 0 Å². The topological polar surface area (TPSA) is 54.4 Å². The fourth-order valence-corrected chi connectivity index (χ4v) is 3.62. The highest BCUT2D eigenvalue weighted by Crippen LogP contribution is 2.35. The largest absolute Gasteiger partial charge is 0.393 e. The molecular formula is C13H26O3S. The molecule has 0 aromatic rings. The van der Waals surface area contributed by atoms with Crippen LogP contribution in [0.15, 0.2) is 0 Å². The molecule has 0 aromatic heterocycles. The number of rotatable bonds is 7. The molecule has 0 spiro atoms. The highest BCUT2D eigenvalue weighted by atomic mass is 32.2. The maximum absolute atomic E-state index is 11.3. The highest BCUT2D eigenvalue weighted by Gasteiger charge is 2.28. The van der Waals surface area contributed by atoms with Crippen molar-refractivity contribution >= 4 is 9.84 Å². The van der Waals surface area contributed by atoms with Gasteiger partial charge in [-0.1, -0.05) is 26.7 Å². The third-order valence-electron chi connectivity index (χ3n) is 4.10. The van der Waals surface area contributed by atoms with Crippen molar-refractivity contribution < 1.29 is 13.5 Å². The Balaban J connectivity index is 2.24. The SMILES string of the molecule is CCC1CCC(C(O)CCCS(=O)(=O)CC)C1. The van der Waals surface area contributed by atoms with E-state index < -0.39 is 9.84 Å². The summed E-state index contributed by atoms with van der Waals surface area (Å²) in [5.74, 6) is 1.62. The lowest BCUT2D eigenvalue weighted by molar-refractivity contribution is 0.0989. The van der Waals surface area contributed by atoms with Gasteiger partial charge in [0, 0.05) is 5.75 Å². The van der Waals surface area contributed by atoms with Gasteiger partial charge in [-0.05, 0) is 37.5 Å². The molecule has 1 aliphatic rings. The first kappa shape index (κ1) is 15.0. The Morgan fingerprint density at radius 1 is 1.29 bits per heavy atom. The summed E-state index contributed by atoms with van der Waals surface area (Å²) in [6, 6.07) is 0. The van der Waals surface area contributed by atoms with E-state index in [-0.39, 0.29) is 17.6 Å². The average molecular weight is 262 g/mol. The minimum absolute atomic E-state index is 0.213. The van der Waals surface area contributed by atoms with Crippen LogP contribution in [0, 0.1) is 11.8 Å². The molecule has 0 aliphatic heterocycles. The van der Waals surface area contributed by atoms with Crippen LogP contribution in [-0.4, -0.2) is 31.1 Å². The van der Waals surface area contributed by atoms with E-state index >= 15 is 0 Å². The van der Waals surface area contributed by atoms with Crippen molar-refractivity contribution in [2.45, 2.75) is 58.5 Å². The van der Waals surface area contributed by atoms with Gasteiger partial charge in [-0.15, -0.1) is 0 Å². The smallest absolute Gasteiger partial charge is 0.150 e. The van der Waals surface area contributed by atoms with E-state index in [2.05, 4.69) is 6.92 Å². The lowest BCUT2D eigenvalue weighted by atomic mass is 9.95. The van der Waals surface area contributed by atoms with Gasteiger partial charge in [0.05, 0.1) is 11.9 Å². The fraction of sp³-hybridized carbons (Fsp3) is 1.00. The standard InChI is InChI=1S/C13H26O3S/c1-3-11-7-8-12(10-11)13(14)6-5-9-17(15,16)4-2/h11-14H,3-10H2,1-2H3. The molecule has 0 bridgehead atoms. The molecule has 0 saturated heterocycles. The minimum atomic E-state index is -2.87. The Bertz CT molecular complexity index is 311. The average Bonchev–Trinajstić information content (AvgIpc) is 2.77. The fourth-order valence-electron chi connectivity index (χ4n) is 2.73. The zero-order valence-corrected chi connectivity index (χ0v) is 11.9. The van der Waals surface area contributed by atoms with Gasteiger partial charge >= 0.3 is 0 Å². The first-order chi connectivity index (χ1) is 7.98. The number of hydrogen-bond donors (Lipinski definition) is 1. The number of sulfone groups is 1. The summed E-state index contributed by atoms with van der Waals surface area (Å²) in [4.78, 5) is 0. The minimum Gasteiger partial charge on any atom is -0.393 e. The third-order valence-corrected chi connectivity index (χ3v) is 5.89. The maximum Gasteiger partial charge on any atom is 0.150 e. The lowest BCUT2D eigenvalue weighted by Gasteiger charge is -2.18. The van der Waals surface area contributed by atoms with E-state index in [0.717, 1.165) is 18.8 Å². The Kier molecular flexibility index (Phi) is 5.93. The molecule has 17 heavy (non-hydrogen) atoms. The molecule has 0 heterocycles. The van der Waals surface area contributed by atoms with Gasteiger partial charge < -0.3 is 5.11 Å². The maximum atomic E-state index is 11.3. The van der Waals surface area contributed by atoms with Crippen molar-refractivity contribution in [1.82, 2.24) is 0 Å². The summed E-state index contributed by atoms with van der Waals surface area (Å²) in [7, 11) is -2.87. The van der Waals surface area contributed by atoms with Crippen LogP contribution >= 0.6 is 0 Å². The van der Waals surface area contributed by atoms with Crippen molar-refractivity contribution in [3.05, 3.63) is 0 Å². The molecule has 3 atom stereocenters. The monoisotopic (exact) mass is 262 g/mol. The Hall–Kier alpha value is -0.0900. The van der Waals surface area contributed by atoms with Gasteiger partial charge in [-0.2, -0.15) is 0 Å². The normalized spacial score (nSPS) is 27.2. The Labute approximate surface area is 106 Å². The Morgan fingerprint density at radius 2 is 2.00 bits per heavy atom. The molecule has 1 rings (SSSR count). The van der Waals surface area contributed by atoms with Gasteiger partial charge in [-0.3, -0.25) is 0 Å². The van der Waals surface area contributed by atoms with E-state index in [1.165, 1.54) is 12.8 Å². The van der Waals surface area contributed by atoms with E-state index in [1.54, 1.807) is 6.92 Å². The molecule has 0 amide bonds. The van der Waals surface area contributed by atoms with Crippen LogP contribution < -0.4 is 0 Å². The van der Waals surface area contributed by atoms with E-state index in [0.29, 0.717) is 18.8 Å². The second kappa shape index (κ2) is 6.74. The molecule has 1 fully saturated rings. The number of aliphatic hydroxyl groups excluding tert-OH is 1. The molecule has 3 nitrogen and oxygen atoms in total. The van der Waals surface area contributed by atoms with E-state index in [4.69, 9.17) is 0 Å². The van der Waals surface area contributed by atoms with Gasteiger partial charge in [0.25, 0.3) is 0 Å². The van der Waals surface area contributed by atoms with Crippen molar-refractivity contribution in [1.29, 1.82) is 0 Å². The molecule has 1 aliphatic carbocycles. The molecule has 0 aromatic carbocycles. The van der Waals surface area contributed by atoms with E-state index in [1.807, 2.05) is 0 Å². The molecule has 102 valence electrons. The van der Waals surface area contributed by atoms with Gasteiger partial charge in [0.1, 0.15) is 9.84 Å². The van der Waals surface area contributed by atoms with Crippen LogP contribution in [0.3, 0.4) is 0 Å². The van der Waals surface area contributed by atoms with Crippen molar-refractivity contribution in [3.63, 3.8) is 0 Å². The summed E-state index contributed by atoms with van der Waals surface area (Å²) in [5, 5.41) is 10.0. The van der Waals surface area contributed by atoms with Gasteiger partial charge in [0.15, 0.2) is 0 Å². The van der Waals surface area contributed by atoms with Crippen LogP contribution in [0.5, 0.6) is 0 Å². The van der Waals surface area contributed by atoms with Crippen LogP contribution in [0.2, 0.25) is 0 Å². The second-order valence-corrected chi connectivity index (χ2v) is 7.77. The van der Waals surface area contributed by atoms with Gasteiger partial charge in [-0.25, -0.2) is 8.42 Å². The summed E-state index contributed by atoms with van der Waals surface area (Å²) < 4.78 is 22.6. The lowest BCUT2D eigenvalue weighted by Crippen LogP contribution is -2.19. The second-order valence-electron chi connectivity index (χ2n) is 5.29. The quantitative estimate of drug-likeness (QED) is 0.766. The van der Waals surface area contributed by atoms with Crippen LogP contribution in [0.1, 0.15) is 52.4 Å². The highest BCUT2D eigenvalue weighted by molar-refractivity contribution is 7.91. The van der Waals surface area contributed by atoms with Crippen LogP contribution in [0.4, 0.5) is 0 Å². The van der Waals surface area contributed by atoms with E-state index in [9.17, 15) is 13.5 Å². The molecule has 3 unspecified atom stereocenters. The molecule has 4 heteroatoms. The van der Waals surface area contributed by atoms with Crippen molar-refractivity contribution in [2.75, 3.05) is 11.5 Å². The molecule has 1 saturated carbocycles. The first-order valence-corrected chi connectivity index (χ1v) is 8.69. The van der Waals surface area contributed by atoms with Crippen LogP contribution in [0.25, 0.3) is 0 Å². The summed E-state index contributed by atoms with van der Waals surface area (Å²) >= 11 is 0. The zero-order chi connectivity index (χ0) is 12.9. The van der Waals surface area contributed by atoms with Gasteiger partial charge in [0.2, 0.25) is 0 Å².